The van der Waals surface area contributed by atoms with Gasteiger partial charge in [0.2, 0.25) is 0 Å². The van der Waals surface area contributed by atoms with E-state index in [-0.39, 0.29) is 15.6 Å². The van der Waals surface area contributed by atoms with Crippen LogP contribution >= 0.6 is 27.3 Å². The zero-order chi connectivity index (χ0) is 13.3. The van der Waals surface area contributed by atoms with Crippen molar-refractivity contribution in [3.63, 3.8) is 0 Å². The highest BCUT2D eigenvalue weighted by atomic mass is 79.9. The highest BCUT2D eigenvalue weighted by Gasteiger charge is 2.35. The molecule has 6 heteroatoms. The average molecular weight is 335 g/mol. The summed E-state index contributed by atoms with van der Waals surface area (Å²) in [5.41, 5.74) is -0.981. The van der Waals surface area contributed by atoms with Crippen LogP contribution in [-0.2, 0) is 6.18 Å². The van der Waals surface area contributed by atoms with E-state index in [1.165, 1.54) is 34.9 Å². The summed E-state index contributed by atoms with van der Waals surface area (Å²) in [6, 6.07) is 5.04. The SMILES string of the molecule is O=C(c1ccsc1)c1ccc(Br)cc1C(F)(F)F. The van der Waals surface area contributed by atoms with Gasteiger partial charge in [0.15, 0.2) is 5.78 Å². The number of rotatable bonds is 2. The Bertz CT molecular complexity index is 576. The van der Waals surface area contributed by atoms with E-state index in [1.54, 1.807) is 5.38 Å². The normalized spacial score (nSPS) is 11.6. The molecule has 1 aromatic carbocycles. The lowest BCUT2D eigenvalue weighted by atomic mass is 10.00. The predicted molar refractivity (Wildman–Crippen MR) is 66.9 cm³/mol. The summed E-state index contributed by atoms with van der Waals surface area (Å²) in [6.45, 7) is 0. The van der Waals surface area contributed by atoms with Crippen molar-refractivity contribution in [1.29, 1.82) is 0 Å². The third kappa shape index (κ3) is 2.64. The second-order valence-corrected chi connectivity index (χ2v) is 5.22. The number of hydrogen-bond acceptors (Lipinski definition) is 2. The fourth-order valence-corrected chi connectivity index (χ4v) is 2.50. The first kappa shape index (κ1) is 13.3. The van der Waals surface area contributed by atoms with Gasteiger partial charge in [-0.2, -0.15) is 24.5 Å². The Balaban J connectivity index is 2.55. The van der Waals surface area contributed by atoms with Crippen molar-refractivity contribution in [1.82, 2.24) is 0 Å². The number of alkyl halides is 3. The van der Waals surface area contributed by atoms with Crippen LogP contribution in [-0.4, -0.2) is 5.78 Å². The van der Waals surface area contributed by atoms with Crippen molar-refractivity contribution in [3.05, 3.63) is 56.2 Å². The van der Waals surface area contributed by atoms with E-state index >= 15 is 0 Å². The Morgan fingerprint density at radius 1 is 1.22 bits per heavy atom. The molecular formula is C12H6BrF3OS. The topological polar surface area (TPSA) is 17.1 Å². The molecule has 0 saturated heterocycles. The molecule has 1 aromatic heterocycles. The summed E-state index contributed by atoms with van der Waals surface area (Å²) in [5.74, 6) is -0.615. The zero-order valence-electron chi connectivity index (χ0n) is 8.79. The summed E-state index contributed by atoms with van der Waals surface area (Å²) in [7, 11) is 0. The average Bonchev–Trinajstić information content (AvgIpc) is 2.80. The van der Waals surface area contributed by atoms with E-state index < -0.39 is 17.5 Å². The first-order valence-corrected chi connectivity index (χ1v) is 6.57. The third-order valence-electron chi connectivity index (χ3n) is 2.32. The largest absolute Gasteiger partial charge is 0.417 e. The predicted octanol–water partition coefficient (Wildman–Crippen LogP) is 4.76. The van der Waals surface area contributed by atoms with Crippen LogP contribution in [0.3, 0.4) is 0 Å². The molecule has 18 heavy (non-hydrogen) atoms. The Hall–Kier alpha value is -1.14. The van der Waals surface area contributed by atoms with Crippen LogP contribution in [0.1, 0.15) is 21.5 Å². The van der Waals surface area contributed by atoms with Crippen molar-refractivity contribution >= 4 is 33.0 Å². The molecule has 0 aliphatic heterocycles. The fraction of sp³-hybridized carbons (Fsp3) is 0.0833. The molecule has 0 aliphatic rings. The maximum atomic E-state index is 12.9. The van der Waals surface area contributed by atoms with Crippen molar-refractivity contribution in [2.24, 2.45) is 0 Å². The van der Waals surface area contributed by atoms with Crippen LogP contribution in [0.25, 0.3) is 0 Å². The number of carbonyl (C=O) groups excluding carboxylic acids is 1. The quantitative estimate of drug-likeness (QED) is 0.723. The zero-order valence-corrected chi connectivity index (χ0v) is 11.2. The molecule has 94 valence electrons. The lowest BCUT2D eigenvalue weighted by Crippen LogP contribution is -2.13. The van der Waals surface area contributed by atoms with E-state index in [1.807, 2.05) is 0 Å². The monoisotopic (exact) mass is 334 g/mol. The highest BCUT2D eigenvalue weighted by molar-refractivity contribution is 9.10. The van der Waals surface area contributed by atoms with Gasteiger partial charge in [-0.25, -0.2) is 0 Å². The summed E-state index contributed by atoms with van der Waals surface area (Å²) >= 11 is 4.25. The van der Waals surface area contributed by atoms with Gasteiger partial charge >= 0.3 is 6.18 Å². The second-order valence-electron chi connectivity index (χ2n) is 3.53. The molecule has 1 nitrogen and oxygen atoms in total. The van der Waals surface area contributed by atoms with E-state index in [0.717, 1.165) is 6.07 Å². The number of halogens is 4. The van der Waals surface area contributed by atoms with Gasteiger partial charge in [-0.1, -0.05) is 15.9 Å². The molecule has 0 radical (unpaired) electrons. The molecule has 2 aromatic rings. The van der Waals surface area contributed by atoms with E-state index in [4.69, 9.17) is 0 Å². The number of ketones is 1. The summed E-state index contributed by atoms with van der Waals surface area (Å²) in [6.07, 6.45) is -4.55. The van der Waals surface area contributed by atoms with Crippen molar-refractivity contribution in [2.45, 2.75) is 6.18 Å². The molecule has 0 atom stereocenters. The first-order valence-electron chi connectivity index (χ1n) is 4.83. The van der Waals surface area contributed by atoms with Gasteiger partial charge in [0.05, 0.1) is 5.56 Å². The van der Waals surface area contributed by atoms with Crippen molar-refractivity contribution < 1.29 is 18.0 Å². The Morgan fingerprint density at radius 2 is 1.94 bits per heavy atom. The summed E-state index contributed by atoms with van der Waals surface area (Å²) in [4.78, 5) is 12.0. The number of carbonyl (C=O) groups is 1. The lowest BCUT2D eigenvalue weighted by Gasteiger charge is -2.12. The van der Waals surface area contributed by atoms with Gasteiger partial charge < -0.3 is 0 Å². The molecule has 0 fully saturated rings. The van der Waals surface area contributed by atoms with Crippen LogP contribution in [0.4, 0.5) is 13.2 Å². The summed E-state index contributed by atoms with van der Waals surface area (Å²) in [5, 5.41) is 3.18. The molecular weight excluding hydrogens is 329 g/mol. The molecule has 2 rings (SSSR count). The van der Waals surface area contributed by atoms with E-state index in [9.17, 15) is 18.0 Å². The Labute approximate surface area is 113 Å². The molecule has 0 spiro atoms. The minimum Gasteiger partial charge on any atom is -0.289 e. The fourth-order valence-electron chi connectivity index (χ4n) is 1.50. The molecule has 0 unspecified atom stereocenters. The minimum atomic E-state index is -4.55. The minimum absolute atomic E-state index is 0.271. The van der Waals surface area contributed by atoms with Crippen molar-refractivity contribution in [2.75, 3.05) is 0 Å². The summed E-state index contributed by atoms with van der Waals surface area (Å²) < 4.78 is 38.9. The Morgan fingerprint density at radius 3 is 2.50 bits per heavy atom. The maximum absolute atomic E-state index is 12.9. The molecule has 0 N–H and O–H groups in total. The smallest absolute Gasteiger partial charge is 0.289 e. The van der Waals surface area contributed by atoms with Crippen LogP contribution in [0.5, 0.6) is 0 Å². The Kier molecular flexibility index (Phi) is 3.59. The maximum Gasteiger partial charge on any atom is 0.417 e. The van der Waals surface area contributed by atoms with Crippen LogP contribution in [0.15, 0.2) is 39.5 Å². The molecule has 0 aliphatic carbocycles. The van der Waals surface area contributed by atoms with Crippen LogP contribution < -0.4 is 0 Å². The molecule has 1 heterocycles. The number of thiophene rings is 1. The second kappa shape index (κ2) is 4.85. The van der Waals surface area contributed by atoms with Crippen LogP contribution in [0.2, 0.25) is 0 Å². The third-order valence-corrected chi connectivity index (χ3v) is 3.49. The lowest BCUT2D eigenvalue weighted by molar-refractivity contribution is -0.137. The van der Waals surface area contributed by atoms with Gasteiger partial charge in [-0.15, -0.1) is 0 Å². The highest BCUT2D eigenvalue weighted by Crippen LogP contribution is 2.34. The molecule has 0 amide bonds. The first-order chi connectivity index (χ1) is 8.39. The van der Waals surface area contributed by atoms with Gasteiger partial charge in [0, 0.05) is 21.0 Å². The standard InChI is InChI=1S/C12H6BrF3OS/c13-8-1-2-9(10(5-8)12(14,15)16)11(17)7-3-4-18-6-7/h1-6H. The molecule has 0 bridgehead atoms. The molecule has 0 saturated carbocycles. The number of hydrogen-bond donors (Lipinski definition) is 0. The van der Waals surface area contributed by atoms with Crippen molar-refractivity contribution in [3.8, 4) is 0 Å². The van der Waals surface area contributed by atoms with Gasteiger partial charge in [-0.05, 0) is 29.6 Å². The van der Waals surface area contributed by atoms with E-state index in [0.29, 0.717) is 0 Å². The van der Waals surface area contributed by atoms with Gasteiger partial charge in [0.1, 0.15) is 0 Å². The van der Waals surface area contributed by atoms with E-state index in [2.05, 4.69) is 15.9 Å². The number of benzene rings is 1. The van der Waals surface area contributed by atoms with Crippen LogP contribution in [0, 0.1) is 0 Å². The van der Waals surface area contributed by atoms with Gasteiger partial charge in [0.25, 0.3) is 0 Å². The van der Waals surface area contributed by atoms with Gasteiger partial charge in [-0.3, -0.25) is 4.79 Å².